The third kappa shape index (κ3) is 7.41. The van der Waals surface area contributed by atoms with Crippen LogP contribution in [0.1, 0.15) is 13.3 Å². The first-order valence-electron chi connectivity index (χ1n) is 3.31. The zero-order valence-electron chi connectivity index (χ0n) is 5.98. The van der Waals surface area contributed by atoms with E-state index >= 15 is 0 Å². The third-order valence-electron chi connectivity index (χ3n) is 0.985. The summed E-state index contributed by atoms with van der Waals surface area (Å²) in [5.74, 6) is 2.49. The van der Waals surface area contributed by atoms with E-state index in [-0.39, 0.29) is 0 Å². The molecule has 0 radical (unpaired) electrons. The van der Waals surface area contributed by atoms with Gasteiger partial charge >= 0.3 is 0 Å². The molecular weight excluding hydrogens is 112 g/mol. The molecule has 0 spiro atoms. The van der Waals surface area contributed by atoms with Gasteiger partial charge in [0.25, 0.3) is 0 Å². The smallest absolute Gasteiger partial charge is 0.0495 e. The Kier molecular flexibility index (Phi) is 6.92. The Morgan fingerprint density at radius 3 is 3.00 bits per heavy atom. The first-order valence-corrected chi connectivity index (χ1v) is 3.31. The topological polar surface area (TPSA) is 24.4 Å². The van der Waals surface area contributed by atoms with Crippen molar-refractivity contribution in [3.63, 3.8) is 0 Å². The van der Waals surface area contributed by atoms with Gasteiger partial charge in [0, 0.05) is 6.54 Å². The second kappa shape index (κ2) is 7.41. The second-order valence-electron chi connectivity index (χ2n) is 1.75. The van der Waals surface area contributed by atoms with Crippen LogP contribution < -0.4 is 5.32 Å². The number of aliphatic imine (C=N–C) groups is 1. The van der Waals surface area contributed by atoms with Gasteiger partial charge in [-0.1, -0.05) is 6.92 Å². The molecule has 0 aliphatic heterocycles. The van der Waals surface area contributed by atoms with Gasteiger partial charge in [0.05, 0.1) is 0 Å². The molecule has 0 heterocycles. The molecule has 2 nitrogen and oxygen atoms in total. The van der Waals surface area contributed by atoms with Crippen molar-refractivity contribution in [2.45, 2.75) is 13.3 Å². The molecule has 0 fully saturated rings. The van der Waals surface area contributed by atoms with E-state index < -0.39 is 0 Å². The highest BCUT2D eigenvalue weighted by Crippen LogP contribution is 1.75. The van der Waals surface area contributed by atoms with Gasteiger partial charge in [-0.25, -0.2) is 4.99 Å². The third-order valence-corrected chi connectivity index (χ3v) is 0.985. The normalized spacial score (nSPS) is 8.56. The van der Waals surface area contributed by atoms with Crippen LogP contribution >= 0.6 is 0 Å². The van der Waals surface area contributed by atoms with E-state index in [2.05, 4.69) is 29.7 Å². The number of rotatable bonds is 5. The van der Waals surface area contributed by atoms with Crippen LogP contribution in [0.3, 0.4) is 0 Å². The number of hydrogen-bond acceptors (Lipinski definition) is 2. The Labute approximate surface area is 56.7 Å². The summed E-state index contributed by atoms with van der Waals surface area (Å²) < 4.78 is 0. The van der Waals surface area contributed by atoms with Crippen molar-refractivity contribution in [2.75, 3.05) is 19.6 Å². The fourth-order valence-electron chi connectivity index (χ4n) is 0.539. The van der Waals surface area contributed by atoms with Gasteiger partial charge < -0.3 is 5.32 Å². The highest BCUT2D eigenvalue weighted by Gasteiger charge is 1.80. The fraction of sp³-hybridized carbons (Fsp3) is 0.714. The zero-order chi connectivity index (χ0) is 6.95. The summed E-state index contributed by atoms with van der Waals surface area (Å²) in [7, 11) is 0. The molecule has 0 aromatic heterocycles. The first-order chi connectivity index (χ1) is 4.41. The molecule has 0 saturated heterocycles. The zero-order valence-corrected chi connectivity index (χ0v) is 5.98. The number of nitrogens with one attached hydrogen (secondary N) is 1. The molecule has 0 saturated carbocycles. The molecule has 9 heavy (non-hydrogen) atoms. The van der Waals surface area contributed by atoms with Gasteiger partial charge in [-0.15, -0.1) is 0 Å². The number of hydrogen-bond donors (Lipinski definition) is 1. The Balaban J connectivity index is 2.82. The Bertz CT molecular complexity index is 93.1. The molecule has 0 atom stereocenters. The van der Waals surface area contributed by atoms with E-state index in [9.17, 15) is 0 Å². The van der Waals surface area contributed by atoms with Gasteiger partial charge in [0.2, 0.25) is 0 Å². The summed E-state index contributed by atoms with van der Waals surface area (Å²) in [4.78, 5) is 3.84. The summed E-state index contributed by atoms with van der Waals surface area (Å²) >= 11 is 0. The van der Waals surface area contributed by atoms with E-state index in [0.29, 0.717) is 0 Å². The molecule has 0 aromatic rings. The lowest BCUT2D eigenvalue weighted by molar-refractivity contribution is 0.681. The van der Waals surface area contributed by atoms with Crippen molar-refractivity contribution in [1.82, 2.24) is 5.32 Å². The van der Waals surface area contributed by atoms with E-state index in [1.807, 2.05) is 0 Å². The Morgan fingerprint density at radius 2 is 2.44 bits per heavy atom. The minimum absolute atomic E-state index is 0.844. The summed E-state index contributed by atoms with van der Waals surface area (Å²) in [6.45, 7) is 8.39. The highest BCUT2D eigenvalue weighted by molar-refractivity contribution is 5.46. The van der Waals surface area contributed by atoms with Crippen LogP contribution in [0.25, 0.3) is 0 Å². The van der Waals surface area contributed by atoms with Crippen molar-refractivity contribution < 1.29 is 0 Å². The summed E-state index contributed by atoms with van der Waals surface area (Å²) in [6.07, 6.45) is 1.08. The van der Waals surface area contributed by atoms with E-state index in [0.717, 1.165) is 26.1 Å². The largest absolute Gasteiger partial charge is 0.317 e. The summed E-state index contributed by atoms with van der Waals surface area (Å²) in [5, 5.41) is 3.20. The molecule has 0 rings (SSSR count). The lowest BCUT2D eigenvalue weighted by Crippen LogP contribution is -2.14. The van der Waals surface area contributed by atoms with Crippen LogP contribution in [0.5, 0.6) is 0 Å². The van der Waals surface area contributed by atoms with Gasteiger partial charge in [-0.05, 0) is 32.0 Å². The van der Waals surface area contributed by atoms with E-state index in [1.165, 1.54) is 0 Å². The van der Waals surface area contributed by atoms with Crippen LogP contribution in [0.4, 0.5) is 0 Å². The molecule has 0 aliphatic carbocycles. The molecule has 0 aliphatic rings. The van der Waals surface area contributed by atoms with Gasteiger partial charge in [0.15, 0.2) is 0 Å². The Hall–Kier alpha value is -0.590. The van der Waals surface area contributed by atoms with Crippen LogP contribution in [-0.4, -0.2) is 25.5 Å². The van der Waals surface area contributed by atoms with Gasteiger partial charge in [-0.2, -0.15) is 0 Å². The van der Waals surface area contributed by atoms with Gasteiger partial charge in [0.1, 0.15) is 0 Å². The molecule has 52 valence electrons. The summed E-state index contributed by atoms with van der Waals surface area (Å²) in [6, 6.07) is 0. The van der Waals surface area contributed by atoms with Crippen molar-refractivity contribution in [2.24, 2.45) is 4.99 Å². The van der Waals surface area contributed by atoms with Gasteiger partial charge in [-0.3, -0.25) is 0 Å². The van der Waals surface area contributed by atoms with Crippen molar-refractivity contribution >= 4 is 5.87 Å². The average molecular weight is 126 g/mol. The van der Waals surface area contributed by atoms with E-state index in [4.69, 9.17) is 0 Å². The summed E-state index contributed by atoms with van der Waals surface area (Å²) in [5.41, 5.74) is 0. The molecule has 0 bridgehead atoms. The highest BCUT2D eigenvalue weighted by atomic mass is 14.8. The van der Waals surface area contributed by atoms with Crippen molar-refractivity contribution in [1.29, 1.82) is 0 Å². The number of nitrogens with zero attached hydrogens (tertiary/aromatic N) is 1. The standard InChI is InChI=1S/C7H14N2/c1-3-8-6-5-7-9-4-2/h9H,1,4-7H2,2H3. The lowest BCUT2D eigenvalue weighted by atomic mass is 10.4. The molecule has 0 aromatic carbocycles. The molecule has 1 N–H and O–H groups in total. The predicted molar refractivity (Wildman–Crippen MR) is 41.1 cm³/mol. The molecule has 2 heteroatoms. The lowest BCUT2D eigenvalue weighted by Gasteiger charge is -1.95. The predicted octanol–water partition coefficient (Wildman–Crippen LogP) is 0.842. The maximum absolute atomic E-state index is 3.84. The monoisotopic (exact) mass is 126 g/mol. The Morgan fingerprint density at radius 1 is 1.67 bits per heavy atom. The molecule has 0 unspecified atom stereocenters. The van der Waals surface area contributed by atoms with Crippen LogP contribution in [0, 0.1) is 0 Å². The SMILES string of the molecule is C=C=NCCCNCC. The minimum Gasteiger partial charge on any atom is -0.317 e. The first kappa shape index (κ1) is 8.41. The quantitative estimate of drug-likeness (QED) is 0.428. The fourth-order valence-corrected chi connectivity index (χ4v) is 0.539. The van der Waals surface area contributed by atoms with Crippen LogP contribution in [0.15, 0.2) is 11.6 Å². The van der Waals surface area contributed by atoms with E-state index in [1.54, 1.807) is 0 Å². The average Bonchev–Trinajstić information content (AvgIpc) is 1.89. The second-order valence-corrected chi connectivity index (χ2v) is 1.75. The van der Waals surface area contributed by atoms with Crippen LogP contribution in [-0.2, 0) is 0 Å². The van der Waals surface area contributed by atoms with Crippen molar-refractivity contribution in [3.8, 4) is 0 Å². The minimum atomic E-state index is 0.844. The molecule has 0 amide bonds. The maximum atomic E-state index is 3.84. The maximum Gasteiger partial charge on any atom is 0.0495 e. The molecular formula is C7H14N2. The van der Waals surface area contributed by atoms with Crippen molar-refractivity contribution in [3.05, 3.63) is 6.58 Å². The van der Waals surface area contributed by atoms with Crippen LogP contribution in [0.2, 0.25) is 0 Å².